The molecule has 3 amide bonds. The van der Waals surface area contributed by atoms with E-state index in [2.05, 4.69) is 20.9 Å². The summed E-state index contributed by atoms with van der Waals surface area (Å²) in [5.74, 6) is 0.136. The normalized spacial score (nSPS) is 16.6. The van der Waals surface area contributed by atoms with Crippen molar-refractivity contribution >= 4 is 23.3 Å². The second-order valence-electron chi connectivity index (χ2n) is 8.64. The molecule has 2 rings (SSSR count). The number of hydrogen-bond donors (Lipinski definition) is 3. The summed E-state index contributed by atoms with van der Waals surface area (Å²) in [5.41, 5.74) is 0.562. The fraction of sp³-hybridized carbons (Fsp3) is 0.636. The smallest absolute Gasteiger partial charge is 0.320 e. The molecule has 1 heterocycles. The number of morpholine rings is 1. The van der Waals surface area contributed by atoms with Gasteiger partial charge in [-0.25, -0.2) is 4.79 Å². The summed E-state index contributed by atoms with van der Waals surface area (Å²) in [6.45, 7) is 11.0. The minimum absolute atomic E-state index is 0.122. The van der Waals surface area contributed by atoms with Crippen molar-refractivity contribution in [1.29, 1.82) is 0 Å². The molecule has 1 aliphatic rings. The topological polar surface area (TPSA) is 85.9 Å². The average molecular weight is 420 g/mol. The van der Waals surface area contributed by atoms with E-state index in [0.29, 0.717) is 12.1 Å². The van der Waals surface area contributed by atoms with E-state index in [-0.39, 0.29) is 11.8 Å². The minimum Gasteiger partial charge on any atom is -0.382 e. The lowest BCUT2D eigenvalue weighted by atomic mass is 9.89. The van der Waals surface area contributed by atoms with Gasteiger partial charge in [0.2, 0.25) is 5.91 Å². The first-order valence-corrected chi connectivity index (χ1v) is 10.6. The van der Waals surface area contributed by atoms with Gasteiger partial charge in [0.1, 0.15) is 5.54 Å². The fourth-order valence-corrected chi connectivity index (χ4v) is 3.83. The molecule has 168 valence electrons. The number of rotatable bonds is 9. The van der Waals surface area contributed by atoms with Crippen molar-refractivity contribution in [3.8, 4) is 0 Å². The number of nitrogens with one attached hydrogen (secondary N) is 3. The number of carbonyl (C=O) groups is 2. The molecule has 0 saturated carbocycles. The third kappa shape index (κ3) is 7.18. The standard InChI is InChI=1S/C22H37N5O3/c1-17(2)16-22(3,20(28)26(4)5)25-21(29)24-19-9-7-6-8-18(19)23-10-11-27-12-14-30-15-13-27/h6-9,17,23H,10-16H2,1-5H3,(H2,24,25,29). The minimum atomic E-state index is -0.972. The molecule has 1 fully saturated rings. The third-order valence-electron chi connectivity index (χ3n) is 5.11. The van der Waals surface area contributed by atoms with Gasteiger partial charge in [0.15, 0.2) is 0 Å². The Morgan fingerprint density at radius 2 is 1.80 bits per heavy atom. The SMILES string of the molecule is CC(C)CC(C)(NC(=O)Nc1ccccc1NCCN1CCOCC1)C(=O)N(C)C. The first-order valence-electron chi connectivity index (χ1n) is 10.6. The number of ether oxygens (including phenoxy) is 1. The Labute approximate surface area is 180 Å². The Kier molecular flexibility index (Phi) is 8.92. The number of nitrogens with zero attached hydrogens (tertiary/aromatic N) is 2. The van der Waals surface area contributed by atoms with Gasteiger partial charge in [0.05, 0.1) is 24.6 Å². The number of likely N-dealkylation sites (N-methyl/N-ethyl adjacent to an activating group) is 1. The summed E-state index contributed by atoms with van der Waals surface area (Å²) in [7, 11) is 3.41. The van der Waals surface area contributed by atoms with Crippen LogP contribution < -0.4 is 16.0 Å². The Morgan fingerprint density at radius 1 is 1.17 bits per heavy atom. The molecule has 3 N–H and O–H groups in total. The van der Waals surface area contributed by atoms with Crippen LogP contribution in [0.25, 0.3) is 0 Å². The molecule has 8 nitrogen and oxygen atoms in total. The van der Waals surface area contributed by atoms with Gasteiger partial charge in [-0.15, -0.1) is 0 Å². The summed E-state index contributed by atoms with van der Waals surface area (Å²) in [6, 6.07) is 7.20. The Morgan fingerprint density at radius 3 is 2.40 bits per heavy atom. The van der Waals surface area contributed by atoms with Gasteiger partial charge < -0.3 is 25.6 Å². The van der Waals surface area contributed by atoms with E-state index < -0.39 is 11.6 Å². The summed E-state index contributed by atoms with van der Waals surface area (Å²) in [6.07, 6.45) is 0.552. The Balaban J connectivity index is 1.98. The monoisotopic (exact) mass is 419 g/mol. The molecule has 1 atom stereocenters. The molecule has 0 spiro atoms. The largest absolute Gasteiger partial charge is 0.382 e. The van der Waals surface area contributed by atoms with E-state index >= 15 is 0 Å². The summed E-state index contributed by atoms with van der Waals surface area (Å²) >= 11 is 0. The predicted molar refractivity (Wildman–Crippen MR) is 121 cm³/mol. The van der Waals surface area contributed by atoms with Crippen molar-refractivity contribution < 1.29 is 14.3 Å². The quantitative estimate of drug-likeness (QED) is 0.572. The van der Waals surface area contributed by atoms with E-state index in [1.807, 2.05) is 38.1 Å². The number of anilines is 2. The molecule has 8 heteroatoms. The molecule has 1 aliphatic heterocycles. The Bertz CT molecular complexity index is 704. The molecule has 1 saturated heterocycles. The van der Waals surface area contributed by atoms with E-state index in [1.54, 1.807) is 21.0 Å². The lowest BCUT2D eigenvalue weighted by Gasteiger charge is -2.33. The van der Waals surface area contributed by atoms with Crippen LogP contribution in [-0.2, 0) is 9.53 Å². The van der Waals surface area contributed by atoms with E-state index in [1.165, 1.54) is 4.90 Å². The molecular weight excluding hydrogens is 382 g/mol. The van der Waals surface area contributed by atoms with Crippen LogP contribution in [0.15, 0.2) is 24.3 Å². The van der Waals surface area contributed by atoms with Gasteiger partial charge in [0, 0.05) is 40.3 Å². The fourth-order valence-electron chi connectivity index (χ4n) is 3.83. The van der Waals surface area contributed by atoms with Crippen molar-refractivity contribution in [2.75, 3.05) is 64.1 Å². The zero-order valence-electron chi connectivity index (χ0n) is 19.0. The maximum absolute atomic E-state index is 12.8. The molecular formula is C22H37N5O3. The van der Waals surface area contributed by atoms with Crippen LogP contribution in [0.5, 0.6) is 0 Å². The van der Waals surface area contributed by atoms with Crippen LogP contribution in [0.1, 0.15) is 27.2 Å². The van der Waals surface area contributed by atoms with Gasteiger partial charge in [-0.2, -0.15) is 0 Å². The molecule has 1 unspecified atom stereocenters. The summed E-state index contributed by atoms with van der Waals surface area (Å²) in [4.78, 5) is 29.3. The van der Waals surface area contributed by atoms with Gasteiger partial charge in [-0.05, 0) is 31.4 Å². The zero-order chi connectivity index (χ0) is 22.1. The number of hydrogen-bond acceptors (Lipinski definition) is 5. The molecule has 0 radical (unpaired) electrons. The number of amides is 3. The number of carbonyl (C=O) groups excluding carboxylic acids is 2. The van der Waals surface area contributed by atoms with Gasteiger partial charge in [-0.3, -0.25) is 9.69 Å². The summed E-state index contributed by atoms with van der Waals surface area (Å²) in [5, 5.41) is 9.20. The first-order chi connectivity index (χ1) is 14.2. The van der Waals surface area contributed by atoms with Crippen molar-refractivity contribution in [1.82, 2.24) is 15.1 Å². The number of urea groups is 1. The molecule has 1 aromatic rings. The van der Waals surface area contributed by atoms with Crippen molar-refractivity contribution in [3.05, 3.63) is 24.3 Å². The molecule has 0 bridgehead atoms. The second kappa shape index (κ2) is 11.2. The third-order valence-corrected chi connectivity index (χ3v) is 5.11. The molecule has 0 aromatic heterocycles. The van der Waals surface area contributed by atoms with E-state index in [0.717, 1.165) is 45.1 Å². The molecule has 0 aliphatic carbocycles. The first kappa shape index (κ1) is 24.0. The van der Waals surface area contributed by atoms with E-state index in [9.17, 15) is 9.59 Å². The van der Waals surface area contributed by atoms with Crippen LogP contribution in [-0.4, -0.2) is 80.8 Å². The highest BCUT2D eigenvalue weighted by Gasteiger charge is 2.36. The highest BCUT2D eigenvalue weighted by Crippen LogP contribution is 2.22. The number of benzene rings is 1. The molecule has 1 aromatic carbocycles. The van der Waals surface area contributed by atoms with Crippen molar-refractivity contribution in [3.63, 3.8) is 0 Å². The van der Waals surface area contributed by atoms with Crippen molar-refractivity contribution in [2.24, 2.45) is 5.92 Å². The van der Waals surface area contributed by atoms with Crippen LogP contribution in [0.2, 0.25) is 0 Å². The van der Waals surface area contributed by atoms with Crippen LogP contribution >= 0.6 is 0 Å². The van der Waals surface area contributed by atoms with Gasteiger partial charge in [-0.1, -0.05) is 26.0 Å². The predicted octanol–water partition coefficient (Wildman–Crippen LogP) is 2.45. The van der Waals surface area contributed by atoms with Crippen LogP contribution in [0.3, 0.4) is 0 Å². The van der Waals surface area contributed by atoms with Crippen molar-refractivity contribution in [2.45, 2.75) is 32.7 Å². The second-order valence-corrected chi connectivity index (χ2v) is 8.64. The maximum Gasteiger partial charge on any atom is 0.320 e. The van der Waals surface area contributed by atoms with Crippen LogP contribution in [0, 0.1) is 5.92 Å². The van der Waals surface area contributed by atoms with E-state index in [4.69, 9.17) is 4.74 Å². The van der Waals surface area contributed by atoms with Gasteiger partial charge in [0.25, 0.3) is 0 Å². The van der Waals surface area contributed by atoms with Crippen LogP contribution in [0.4, 0.5) is 16.2 Å². The average Bonchev–Trinajstić information content (AvgIpc) is 2.68. The summed E-state index contributed by atoms with van der Waals surface area (Å²) < 4.78 is 5.38. The van der Waals surface area contributed by atoms with Gasteiger partial charge >= 0.3 is 6.03 Å². The lowest BCUT2D eigenvalue weighted by Crippen LogP contribution is -2.58. The lowest BCUT2D eigenvalue weighted by molar-refractivity contribution is -0.135. The highest BCUT2D eigenvalue weighted by atomic mass is 16.5. The molecule has 30 heavy (non-hydrogen) atoms. The zero-order valence-corrected chi connectivity index (χ0v) is 19.0. The maximum atomic E-state index is 12.8. The Hall–Kier alpha value is -2.32. The highest BCUT2D eigenvalue weighted by molar-refractivity contribution is 5.97. The number of para-hydroxylation sites is 2.